The van der Waals surface area contributed by atoms with Gasteiger partial charge in [0, 0.05) is 45.3 Å². The predicted molar refractivity (Wildman–Crippen MR) is 108 cm³/mol. The third-order valence-corrected chi connectivity index (χ3v) is 7.83. The summed E-state index contributed by atoms with van der Waals surface area (Å²) in [6.07, 6.45) is 1.52. The fourth-order valence-corrected chi connectivity index (χ4v) is 4.96. The fraction of sp³-hybridized carbons (Fsp3) is 0.579. The van der Waals surface area contributed by atoms with Crippen molar-refractivity contribution < 1.29 is 13.2 Å². The van der Waals surface area contributed by atoms with Gasteiger partial charge < -0.3 is 15.1 Å². The third-order valence-electron chi connectivity index (χ3n) is 5.30. The largest absolute Gasteiger partial charge is 0.352 e. The Balaban J connectivity index is 1.66. The number of hydrogen-bond donors (Lipinski definition) is 1. The lowest BCUT2D eigenvalue weighted by molar-refractivity contribution is -0.117. The van der Waals surface area contributed by atoms with Crippen molar-refractivity contribution in [1.82, 2.24) is 10.2 Å². The highest BCUT2D eigenvalue weighted by Crippen LogP contribution is 2.24. The molecule has 1 aromatic carbocycles. The van der Waals surface area contributed by atoms with E-state index in [1.807, 2.05) is 34.1 Å². The summed E-state index contributed by atoms with van der Waals surface area (Å²) in [4.78, 5) is 20.1. The molecule has 7 nitrogen and oxygen atoms in total. The van der Waals surface area contributed by atoms with E-state index in [9.17, 15) is 13.2 Å². The van der Waals surface area contributed by atoms with Crippen LogP contribution in [0.1, 0.15) is 32.3 Å². The first-order valence-electron chi connectivity index (χ1n) is 9.31. The zero-order valence-corrected chi connectivity index (χ0v) is 17.1. The highest BCUT2D eigenvalue weighted by Gasteiger charge is 2.40. The van der Waals surface area contributed by atoms with Crippen molar-refractivity contribution >= 4 is 27.4 Å². The Bertz CT molecular complexity index is 848. The maximum absolute atomic E-state index is 12.2. The molecule has 0 saturated carbocycles. The standard InChI is InChI=1S/C19H28N4O3S/c1-19(2)14-22(10-11-27(19,25)26)18(20-3)21-13-15-6-4-7-16(12-15)23-9-5-8-17(23)24/h4,6-7,12H,5,8-11,13-14H2,1-3H3,(H,20,21). The number of hydrogen-bond acceptors (Lipinski definition) is 4. The van der Waals surface area contributed by atoms with E-state index in [-0.39, 0.29) is 11.7 Å². The predicted octanol–water partition coefficient (Wildman–Crippen LogP) is 1.40. The molecule has 27 heavy (non-hydrogen) atoms. The number of carbonyl (C=O) groups is 1. The van der Waals surface area contributed by atoms with Gasteiger partial charge in [-0.3, -0.25) is 9.79 Å². The molecular weight excluding hydrogens is 364 g/mol. The zero-order valence-electron chi connectivity index (χ0n) is 16.2. The zero-order chi connectivity index (χ0) is 19.7. The molecule has 0 radical (unpaired) electrons. The first-order chi connectivity index (χ1) is 12.7. The Hall–Kier alpha value is -2.09. The number of benzene rings is 1. The van der Waals surface area contributed by atoms with Crippen LogP contribution < -0.4 is 10.2 Å². The highest BCUT2D eigenvalue weighted by molar-refractivity contribution is 7.92. The maximum atomic E-state index is 12.2. The van der Waals surface area contributed by atoms with E-state index in [1.165, 1.54) is 0 Å². The number of nitrogens with zero attached hydrogens (tertiary/aromatic N) is 3. The molecule has 148 valence electrons. The molecule has 0 bridgehead atoms. The fourth-order valence-electron chi connectivity index (χ4n) is 3.59. The summed E-state index contributed by atoms with van der Waals surface area (Å²) >= 11 is 0. The Labute approximate surface area is 161 Å². The van der Waals surface area contributed by atoms with E-state index in [4.69, 9.17) is 0 Å². The molecule has 0 atom stereocenters. The molecule has 0 aromatic heterocycles. The Morgan fingerprint density at radius 3 is 2.70 bits per heavy atom. The van der Waals surface area contributed by atoms with Gasteiger partial charge in [-0.25, -0.2) is 8.42 Å². The van der Waals surface area contributed by atoms with Crippen molar-refractivity contribution in [2.24, 2.45) is 4.99 Å². The maximum Gasteiger partial charge on any atom is 0.227 e. The second-order valence-electron chi connectivity index (χ2n) is 7.72. The molecule has 2 aliphatic rings. The van der Waals surface area contributed by atoms with Crippen molar-refractivity contribution in [3.63, 3.8) is 0 Å². The molecule has 2 aliphatic heterocycles. The van der Waals surface area contributed by atoms with Crippen LogP contribution in [-0.2, 0) is 21.2 Å². The van der Waals surface area contributed by atoms with Gasteiger partial charge in [-0.1, -0.05) is 12.1 Å². The van der Waals surface area contributed by atoms with Gasteiger partial charge in [0.1, 0.15) is 0 Å². The second kappa shape index (κ2) is 7.50. The number of rotatable bonds is 3. The summed E-state index contributed by atoms with van der Waals surface area (Å²) in [5.74, 6) is 1.00. The van der Waals surface area contributed by atoms with Crippen LogP contribution in [0.15, 0.2) is 29.3 Å². The normalized spacial score (nSPS) is 22.2. The van der Waals surface area contributed by atoms with Crippen LogP contribution in [0.3, 0.4) is 0 Å². The summed E-state index contributed by atoms with van der Waals surface area (Å²) in [6.45, 7) is 5.71. The molecule has 0 spiro atoms. The Morgan fingerprint density at radius 2 is 2.07 bits per heavy atom. The van der Waals surface area contributed by atoms with Crippen molar-refractivity contribution in [3.05, 3.63) is 29.8 Å². The SMILES string of the molecule is CN=C(NCc1cccc(N2CCCC2=O)c1)N1CCS(=O)(=O)C(C)(C)C1. The quantitative estimate of drug-likeness (QED) is 0.621. The highest BCUT2D eigenvalue weighted by atomic mass is 32.2. The first kappa shape index (κ1) is 19.7. The average molecular weight is 393 g/mol. The molecule has 0 unspecified atom stereocenters. The van der Waals surface area contributed by atoms with Crippen LogP contribution in [0.25, 0.3) is 0 Å². The molecular formula is C19H28N4O3S. The number of anilines is 1. The molecule has 2 heterocycles. The van der Waals surface area contributed by atoms with Crippen molar-refractivity contribution in [2.45, 2.75) is 38.0 Å². The van der Waals surface area contributed by atoms with Crippen molar-refractivity contribution in [2.75, 3.05) is 37.3 Å². The van der Waals surface area contributed by atoms with E-state index < -0.39 is 14.6 Å². The topological polar surface area (TPSA) is 82.1 Å². The molecule has 1 aromatic rings. The summed E-state index contributed by atoms with van der Waals surface area (Å²) in [5, 5.41) is 3.33. The van der Waals surface area contributed by atoms with E-state index in [2.05, 4.69) is 10.3 Å². The monoisotopic (exact) mass is 392 g/mol. The van der Waals surface area contributed by atoms with Gasteiger partial charge in [-0.05, 0) is 38.0 Å². The lowest BCUT2D eigenvalue weighted by atomic mass is 10.2. The van der Waals surface area contributed by atoms with Gasteiger partial charge in [0.05, 0.1) is 10.5 Å². The van der Waals surface area contributed by atoms with Crippen LogP contribution >= 0.6 is 0 Å². The molecule has 2 saturated heterocycles. The molecule has 8 heteroatoms. The van der Waals surface area contributed by atoms with Gasteiger partial charge >= 0.3 is 0 Å². The Morgan fingerprint density at radius 1 is 1.30 bits per heavy atom. The lowest BCUT2D eigenvalue weighted by Gasteiger charge is -2.39. The number of aliphatic imine (C=N–C) groups is 1. The van der Waals surface area contributed by atoms with Crippen LogP contribution in [0.4, 0.5) is 5.69 Å². The minimum absolute atomic E-state index is 0.132. The minimum Gasteiger partial charge on any atom is -0.352 e. The number of nitrogens with one attached hydrogen (secondary N) is 1. The molecule has 2 fully saturated rings. The van der Waals surface area contributed by atoms with Gasteiger partial charge in [-0.15, -0.1) is 0 Å². The Kier molecular flexibility index (Phi) is 5.46. The lowest BCUT2D eigenvalue weighted by Crippen LogP contribution is -2.57. The number of guanidine groups is 1. The van der Waals surface area contributed by atoms with Gasteiger partial charge in [0.15, 0.2) is 15.8 Å². The third kappa shape index (κ3) is 4.10. The van der Waals surface area contributed by atoms with Gasteiger partial charge in [-0.2, -0.15) is 0 Å². The minimum atomic E-state index is -3.08. The van der Waals surface area contributed by atoms with Gasteiger partial charge in [0.25, 0.3) is 0 Å². The molecule has 0 aliphatic carbocycles. The number of carbonyl (C=O) groups excluding carboxylic acids is 1. The number of amides is 1. The van der Waals surface area contributed by atoms with E-state index in [0.717, 1.165) is 24.2 Å². The summed E-state index contributed by atoms with van der Waals surface area (Å²) in [6, 6.07) is 7.94. The van der Waals surface area contributed by atoms with E-state index in [0.29, 0.717) is 32.0 Å². The smallest absolute Gasteiger partial charge is 0.227 e. The van der Waals surface area contributed by atoms with Crippen molar-refractivity contribution in [1.29, 1.82) is 0 Å². The summed E-state index contributed by atoms with van der Waals surface area (Å²) < 4.78 is 23.6. The summed E-state index contributed by atoms with van der Waals surface area (Å²) in [5.41, 5.74) is 1.98. The van der Waals surface area contributed by atoms with E-state index >= 15 is 0 Å². The second-order valence-corrected chi connectivity index (χ2v) is 10.5. The van der Waals surface area contributed by atoms with E-state index in [1.54, 1.807) is 20.9 Å². The average Bonchev–Trinajstić information content (AvgIpc) is 3.05. The molecule has 1 N–H and O–H groups in total. The van der Waals surface area contributed by atoms with Crippen LogP contribution in [0.5, 0.6) is 0 Å². The van der Waals surface area contributed by atoms with Crippen LogP contribution in [0, 0.1) is 0 Å². The van der Waals surface area contributed by atoms with Crippen LogP contribution in [-0.4, -0.2) is 62.4 Å². The van der Waals surface area contributed by atoms with Crippen LogP contribution in [0.2, 0.25) is 0 Å². The molecule has 3 rings (SSSR count). The summed E-state index contributed by atoms with van der Waals surface area (Å²) in [7, 11) is -1.38. The number of sulfone groups is 1. The van der Waals surface area contributed by atoms with Crippen molar-refractivity contribution in [3.8, 4) is 0 Å². The molecule has 1 amide bonds. The first-order valence-corrected chi connectivity index (χ1v) is 11.0. The van der Waals surface area contributed by atoms with Gasteiger partial charge in [0.2, 0.25) is 5.91 Å².